The molecule has 0 N–H and O–H groups in total. The number of hydrogen-bond acceptors (Lipinski definition) is 4. The molecule has 0 saturated heterocycles. The van der Waals surface area contributed by atoms with Crippen molar-refractivity contribution in [2.75, 3.05) is 21.3 Å². The van der Waals surface area contributed by atoms with Gasteiger partial charge in [0.2, 0.25) is 0 Å². The van der Waals surface area contributed by atoms with Crippen LogP contribution in [-0.2, 0) is 15.2 Å². The Hall–Kier alpha value is -1.99. The number of carbonyl (C=O) groups excluding carboxylic acids is 1. The van der Waals surface area contributed by atoms with Crippen LogP contribution >= 0.6 is 0 Å². The average molecular weight is 296 g/mol. The maximum Gasteiger partial charge on any atom is 0.437 e. The molecule has 1 rings (SSSR count). The SMILES string of the molecule is COC(=O)[C@](F)(c1ccc(OC)c(OC)c1)C(F)(F)F. The van der Waals surface area contributed by atoms with E-state index in [2.05, 4.69) is 4.74 Å². The van der Waals surface area contributed by atoms with Gasteiger partial charge in [-0.1, -0.05) is 6.07 Å². The van der Waals surface area contributed by atoms with Crippen LogP contribution < -0.4 is 9.47 Å². The third-order valence-electron chi connectivity index (χ3n) is 2.64. The molecule has 0 aliphatic heterocycles. The van der Waals surface area contributed by atoms with Gasteiger partial charge in [-0.25, -0.2) is 9.18 Å². The molecule has 4 nitrogen and oxygen atoms in total. The fourth-order valence-corrected chi connectivity index (χ4v) is 1.59. The first-order valence-electron chi connectivity index (χ1n) is 5.29. The van der Waals surface area contributed by atoms with Crippen molar-refractivity contribution < 1.29 is 36.6 Å². The molecular weight excluding hydrogens is 284 g/mol. The Labute approximate surface area is 112 Å². The van der Waals surface area contributed by atoms with Crippen LogP contribution in [0, 0.1) is 0 Å². The van der Waals surface area contributed by atoms with Gasteiger partial charge in [-0.15, -0.1) is 0 Å². The zero-order chi connectivity index (χ0) is 15.6. The smallest absolute Gasteiger partial charge is 0.437 e. The van der Waals surface area contributed by atoms with Crippen molar-refractivity contribution in [1.29, 1.82) is 0 Å². The molecule has 1 atom stereocenters. The summed E-state index contributed by atoms with van der Waals surface area (Å²) in [7, 11) is 3.11. The van der Waals surface area contributed by atoms with Crippen molar-refractivity contribution in [3.8, 4) is 11.5 Å². The maximum absolute atomic E-state index is 14.3. The summed E-state index contributed by atoms with van der Waals surface area (Å²) < 4.78 is 66.5. The molecule has 0 aliphatic rings. The van der Waals surface area contributed by atoms with Crippen LogP contribution in [0.3, 0.4) is 0 Å². The zero-order valence-electron chi connectivity index (χ0n) is 10.9. The topological polar surface area (TPSA) is 44.8 Å². The van der Waals surface area contributed by atoms with Crippen molar-refractivity contribution in [2.45, 2.75) is 11.8 Å². The highest BCUT2D eigenvalue weighted by Gasteiger charge is 2.64. The first-order valence-corrected chi connectivity index (χ1v) is 5.29. The highest BCUT2D eigenvalue weighted by atomic mass is 19.4. The van der Waals surface area contributed by atoms with E-state index in [0.717, 1.165) is 18.2 Å². The Balaban J connectivity index is 3.47. The second-order valence-electron chi connectivity index (χ2n) is 3.72. The summed E-state index contributed by atoms with van der Waals surface area (Å²) in [6, 6.07) is 2.59. The van der Waals surface area contributed by atoms with Crippen molar-refractivity contribution in [3.05, 3.63) is 23.8 Å². The molecule has 20 heavy (non-hydrogen) atoms. The summed E-state index contributed by atoms with van der Waals surface area (Å²) >= 11 is 0. The Kier molecular flexibility index (Phi) is 4.46. The van der Waals surface area contributed by atoms with Gasteiger partial charge in [-0.05, 0) is 12.1 Å². The van der Waals surface area contributed by atoms with Gasteiger partial charge in [0.05, 0.1) is 21.3 Å². The van der Waals surface area contributed by atoms with Crippen LogP contribution in [0.4, 0.5) is 17.6 Å². The Bertz CT molecular complexity index is 501. The average Bonchev–Trinajstić information content (AvgIpc) is 2.43. The van der Waals surface area contributed by atoms with E-state index < -0.39 is 23.4 Å². The van der Waals surface area contributed by atoms with E-state index in [4.69, 9.17) is 9.47 Å². The summed E-state index contributed by atoms with van der Waals surface area (Å²) in [5, 5.41) is 0. The third kappa shape index (κ3) is 2.50. The fourth-order valence-electron chi connectivity index (χ4n) is 1.59. The number of methoxy groups -OCH3 is 3. The first-order chi connectivity index (χ1) is 9.22. The molecule has 8 heteroatoms. The van der Waals surface area contributed by atoms with Crippen LogP contribution in [0.2, 0.25) is 0 Å². The van der Waals surface area contributed by atoms with Gasteiger partial charge in [-0.3, -0.25) is 0 Å². The largest absolute Gasteiger partial charge is 0.493 e. The number of rotatable bonds is 4. The second-order valence-corrected chi connectivity index (χ2v) is 3.72. The van der Waals surface area contributed by atoms with E-state index in [1.807, 2.05) is 0 Å². The first kappa shape index (κ1) is 16.1. The number of carbonyl (C=O) groups is 1. The minimum absolute atomic E-state index is 0.102. The quantitative estimate of drug-likeness (QED) is 0.633. The Morgan fingerprint density at radius 3 is 1.95 bits per heavy atom. The molecule has 0 heterocycles. The minimum Gasteiger partial charge on any atom is -0.493 e. The lowest BCUT2D eigenvalue weighted by atomic mass is 9.94. The molecule has 0 fully saturated rings. The van der Waals surface area contributed by atoms with Gasteiger partial charge in [0.25, 0.3) is 0 Å². The highest BCUT2D eigenvalue weighted by Crippen LogP contribution is 2.45. The summed E-state index contributed by atoms with van der Waals surface area (Å²) in [6.07, 6.45) is -5.47. The second kappa shape index (κ2) is 5.56. The predicted octanol–water partition coefficient (Wildman–Crippen LogP) is 2.60. The fraction of sp³-hybridized carbons (Fsp3) is 0.417. The van der Waals surface area contributed by atoms with Gasteiger partial charge < -0.3 is 14.2 Å². The maximum atomic E-state index is 14.3. The standard InChI is InChI=1S/C12H12F4O4/c1-18-8-5-4-7(6-9(8)19-2)11(13,10(17)20-3)12(14,15)16/h4-6H,1-3H3/t11-/m1/s1. The zero-order valence-corrected chi connectivity index (χ0v) is 10.9. The molecule has 0 saturated carbocycles. The summed E-state index contributed by atoms with van der Waals surface area (Å²) in [5.41, 5.74) is -5.23. The van der Waals surface area contributed by atoms with Crippen molar-refractivity contribution in [2.24, 2.45) is 0 Å². The van der Waals surface area contributed by atoms with E-state index in [1.165, 1.54) is 14.2 Å². The molecule has 0 aromatic heterocycles. The molecule has 1 aromatic carbocycles. The van der Waals surface area contributed by atoms with Crippen LogP contribution in [0.15, 0.2) is 18.2 Å². The number of alkyl halides is 4. The summed E-state index contributed by atoms with van der Waals surface area (Å²) in [6.45, 7) is 0. The van der Waals surface area contributed by atoms with Crippen molar-refractivity contribution in [3.63, 3.8) is 0 Å². The van der Waals surface area contributed by atoms with E-state index in [9.17, 15) is 22.4 Å². The lowest BCUT2D eigenvalue weighted by Crippen LogP contribution is -2.46. The van der Waals surface area contributed by atoms with Crippen LogP contribution in [0.25, 0.3) is 0 Å². The number of ether oxygens (including phenoxy) is 3. The van der Waals surface area contributed by atoms with Gasteiger partial charge in [0, 0.05) is 5.56 Å². The molecular formula is C12H12F4O4. The van der Waals surface area contributed by atoms with Crippen LogP contribution in [0.5, 0.6) is 11.5 Å². The normalized spacial score (nSPS) is 14.3. The molecule has 1 aromatic rings. The van der Waals surface area contributed by atoms with E-state index in [0.29, 0.717) is 7.11 Å². The van der Waals surface area contributed by atoms with Gasteiger partial charge in [0.1, 0.15) is 0 Å². The predicted molar refractivity (Wildman–Crippen MR) is 60.4 cm³/mol. The number of esters is 1. The van der Waals surface area contributed by atoms with Crippen LogP contribution in [0.1, 0.15) is 5.56 Å². The van der Waals surface area contributed by atoms with Crippen molar-refractivity contribution >= 4 is 5.97 Å². The highest BCUT2D eigenvalue weighted by molar-refractivity contribution is 5.82. The molecule has 0 unspecified atom stereocenters. The van der Waals surface area contributed by atoms with Gasteiger partial charge in [0.15, 0.2) is 11.5 Å². The Morgan fingerprint density at radius 2 is 1.55 bits per heavy atom. The number of hydrogen-bond donors (Lipinski definition) is 0. The molecule has 0 radical (unpaired) electrons. The molecule has 0 aliphatic carbocycles. The molecule has 112 valence electrons. The molecule has 0 spiro atoms. The van der Waals surface area contributed by atoms with Crippen LogP contribution in [-0.4, -0.2) is 33.5 Å². The number of benzene rings is 1. The molecule has 0 bridgehead atoms. The Morgan fingerprint density at radius 1 is 1.00 bits per heavy atom. The summed E-state index contributed by atoms with van der Waals surface area (Å²) in [4.78, 5) is 11.2. The third-order valence-corrected chi connectivity index (χ3v) is 2.64. The van der Waals surface area contributed by atoms with Gasteiger partial charge in [-0.2, -0.15) is 13.2 Å². The lowest BCUT2D eigenvalue weighted by molar-refractivity contribution is -0.242. The van der Waals surface area contributed by atoms with E-state index >= 15 is 0 Å². The molecule has 0 amide bonds. The minimum atomic E-state index is -5.47. The number of halogens is 4. The van der Waals surface area contributed by atoms with E-state index in [-0.39, 0.29) is 11.5 Å². The summed E-state index contributed by atoms with van der Waals surface area (Å²) in [5.74, 6) is -2.09. The van der Waals surface area contributed by atoms with Crippen molar-refractivity contribution in [1.82, 2.24) is 0 Å². The monoisotopic (exact) mass is 296 g/mol. The lowest BCUT2D eigenvalue weighted by Gasteiger charge is -2.26. The van der Waals surface area contributed by atoms with Gasteiger partial charge >= 0.3 is 17.8 Å². The van der Waals surface area contributed by atoms with E-state index in [1.54, 1.807) is 0 Å².